The molecule has 0 radical (unpaired) electrons. The van der Waals surface area contributed by atoms with Crippen LogP contribution in [0.2, 0.25) is 0 Å². The lowest BCUT2D eigenvalue weighted by atomic mass is 9.79. The molecule has 6 nitrogen and oxygen atoms in total. The molecule has 0 saturated heterocycles. The maximum absolute atomic E-state index is 14.2. The van der Waals surface area contributed by atoms with E-state index in [0.29, 0.717) is 18.7 Å². The summed E-state index contributed by atoms with van der Waals surface area (Å²) in [5.41, 5.74) is 3.79. The Balaban J connectivity index is 1.52. The largest absolute Gasteiger partial charge is 0.481 e. The van der Waals surface area contributed by atoms with Crippen LogP contribution in [-0.2, 0) is 16.1 Å². The lowest BCUT2D eigenvalue weighted by molar-refractivity contribution is -0.138. The van der Waals surface area contributed by atoms with Crippen LogP contribution in [0.3, 0.4) is 0 Å². The van der Waals surface area contributed by atoms with Crippen LogP contribution in [0.1, 0.15) is 97.7 Å². The van der Waals surface area contributed by atoms with E-state index in [2.05, 4.69) is 60.8 Å². The third-order valence-electron chi connectivity index (χ3n) is 8.74. The first-order valence-electron chi connectivity index (χ1n) is 15.9. The smallest absolute Gasteiger partial charge is 0.305 e. The number of nitrogens with zero attached hydrogens (tertiary/aromatic N) is 1. The maximum atomic E-state index is 14.2. The number of nitrogens with one attached hydrogen (secondary N) is 1. The summed E-state index contributed by atoms with van der Waals surface area (Å²) in [5, 5.41) is 11.5. The Labute approximate surface area is 256 Å². The molecular weight excluding hydrogens is 536 g/mol. The Kier molecular flexibility index (Phi) is 12.4. The number of carbonyl (C=O) groups is 3. The van der Waals surface area contributed by atoms with E-state index in [-0.39, 0.29) is 36.6 Å². The fraction of sp³-hybridized carbons (Fsp3) is 0.432. The fourth-order valence-corrected chi connectivity index (χ4v) is 6.23. The Morgan fingerprint density at radius 3 is 2.00 bits per heavy atom. The second-order valence-corrected chi connectivity index (χ2v) is 11.9. The normalized spacial score (nSPS) is 16.5. The molecule has 2 amide bonds. The summed E-state index contributed by atoms with van der Waals surface area (Å²) in [6, 6.07) is 28.1. The molecule has 6 heteroatoms. The van der Waals surface area contributed by atoms with Gasteiger partial charge in [0.1, 0.15) is 0 Å². The summed E-state index contributed by atoms with van der Waals surface area (Å²) in [6.07, 6.45) is 9.12. The molecule has 0 spiro atoms. The molecule has 0 aliphatic heterocycles. The monoisotopic (exact) mass is 582 g/mol. The number of carboxylic acid groups (broad SMARTS) is 1. The highest BCUT2D eigenvalue weighted by atomic mass is 16.4. The van der Waals surface area contributed by atoms with Crippen molar-refractivity contribution in [3.8, 4) is 0 Å². The van der Waals surface area contributed by atoms with Gasteiger partial charge in [-0.25, -0.2) is 0 Å². The minimum Gasteiger partial charge on any atom is -0.481 e. The second-order valence-electron chi connectivity index (χ2n) is 11.9. The molecular formula is C37H46N2O4. The zero-order valence-corrected chi connectivity index (χ0v) is 25.4. The van der Waals surface area contributed by atoms with E-state index >= 15 is 0 Å². The first-order chi connectivity index (χ1) is 20.9. The number of carboxylic acids is 1. The summed E-state index contributed by atoms with van der Waals surface area (Å²) < 4.78 is 0. The van der Waals surface area contributed by atoms with Gasteiger partial charge >= 0.3 is 5.97 Å². The Hall–Kier alpha value is -3.93. The summed E-state index contributed by atoms with van der Waals surface area (Å²) in [7, 11) is 0. The molecule has 0 unspecified atom stereocenters. The number of benzene rings is 3. The van der Waals surface area contributed by atoms with Crippen molar-refractivity contribution in [2.24, 2.45) is 11.8 Å². The number of rotatable bonds is 15. The van der Waals surface area contributed by atoms with Gasteiger partial charge in [0.05, 0.1) is 6.42 Å². The average molecular weight is 583 g/mol. The topological polar surface area (TPSA) is 86.7 Å². The molecule has 228 valence electrons. The highest BCUT2D eigenvalue weighted by molar-refractivity contribution is 5.94. The van der Waals surface area contributed by atoms with Crippen LogP contribution in [0.5, 0.6) is 0 Å². The van der Waals surface area contributed by atoms with Gasteiger partial charge in [-0.3, -0.25) is 14.4 Å². The van der Waals surface area contributed by atoms with Crippen LogP contribution in [0, 0.1) is 11.8 Å². The fourth-order valence-electron chi connectivity index (χ4n) is 6.23. The SMILES string of the molecule is CCCCC[C@H]1CC[C@H](C(=O)N(Cc2ccc(C(=O)NCCC(=O)O)cc2)CC(c2ccccc2)c2ccccc2)CC1. The van der Waals surface area contributed by atoms with Gasteiger partial charge in [0.25, 0.3) is 5.91 Å². The summed E-state index contributed by atoms with van der Waals surface area (Å²) in [4.78, 5) is 39.5. The molecule has 4 rings (SSSR count). The molecule has 43 heavy (non-hydrogen) atoms. The number of hydrogen-bond donors (Lipinski definition) is 2. The number of carbonyl (C=O) groups excluding carboxylic acids is 2. The van der Waals surface area contributed by atoms with Crippen molar-refractivity contribution in [2.45, 2.75) is 77.2 Å². The van der Waals surface area contributed by atoms with Crippen LogP contribution in [0.25, 0.3) is 0 Å². The van der Waals surface area contributed by atoms with E-state index in [1.165, 1.54) is 36.8 Å². The van der Waals surface area contributed by atoms with E-state index in [0.717, 1.165) is 37.2 Å². The van der Waals surface area contributed by atoms with Crippen molar-refractivity contribution in [3.63, 3.8) is 0 Å². The quantitative estimate of drug-likeness (QED) is 0.182. The lowest BCUT2D eigenvalue weighted by Gasteiger charge is -2.34. The molecule has 3 aromatic carbocycles. The van der Waals surface area contributed by atoms with Gasteiger partial charge in [-0.1, -0.05) is 105 Å². The average Bonchev–Trinajstić information content (AvgIpc) is 3.04. The molecule has 1 fully saturated rings. The lowest BCUT2D eigenvalue weighted by Crippen LogP contribution is -2.40. The first kappa shape index (κ1) is 32.0. The molecule has 0 heterocycles. The van der Waals surface area contributed by atoms with Crippen LogP contribution in [0.15, 0.2) is 84.9 Å². The predicted octanol–water partition coefficient (Wildman–Crippen LogP) is 7.44. The van der Waals surface area contributed by atoms with Gasteiger partial charge < -0.3 is 15.3 Å². The summed E-state index contributed by atoms with van der Waals surface area (Å²) in [5.74, 6) is -0.219. The minimum absolute atomic E-state index is 0.0360. The number of unbranched alkanes of at least 4 members (excludes halogenated alkanes) is 2. The highest BCUT2D eigenvalue weighted by Crippen LogP contribution is 2.34. The second kappa shape index (κ2) is 16.6. The molecule has 1 aliphatic rings. The van der Waals surface area contributed by atoms with Crippen molar-refractivity contribution in [1.29, 1.82) is 0 Å². The van der Waals surface area contributed by atoms with Gasteiger partial charge in [0, 0.05) is 37.0 Å². The summed E-state index contributed by atoms with van der Waals surface area (Å²) >= 11 is 0. The maximum Gasteiger partial charge on any atom is 0.305 e. The van der Waals surface area contributed by atoms with Crippen LogP contribution < -0.4 is 5.32 Å². The Bertz CT molecular complexity index is 1250. The van der Waals surface area contributed by atoms with E-state index < -0.39 is 5.97 Å². The number of amides is 2. The van der Waals surface area contributed by atoms with Crippen molar-refractivity contribution in [2.75, 3.05) is 13.1 Å². The van der Waals surface area contributed by atoms with Crippen molar-refractivity contribution in [3.05, 3.63) is 107 Å². The van der Waals surface area contributed by atoms with Crippen LogP contribution in [-0.4, -0.2) is 40.9 Å². The van der Waals surface area contributed by atoms with Gasteiger partial charge in [-0.15, -0.1) is 0 Å². The number of hydrogen-bond acceptors (Lipinski definition) is 3. The van der Waals surface area contributed by atoms with Crippen LogP contribution in [0.4, 0.5) is 0 Å². The standard InChI is InChI=1S/C37H46N2O4/c1-2-3-6-11-28-16-22-33(23-17-28)37(43)39(26-29-18-20-32(21-19-29)36(42)38-25-24-35(40)41)27-34(30-12-7-4-8-13-30)31-14-9-5-10-15-31/h4-5,7-10,12-15,18-21,28,33-34H,2-3,6,11,16-17,22-27H2,1H3,(H,38,42)(H,40,41)/t28-,33-. The van der Waals surface area contributed by atoms with E-state index in [1.54, 1.807) is 12.1 Å². The Morgan fingerprint density at radius 2 is 1.44 bits per heavy atom. The van der Waals surface area contributed by atoms with Gasteiger partial charge in [0.2, 0.25) is 5.91 Å². The third-order valence-corrected chi connectivity index (χ3v) is 8.74. The molecule has 1 aliphatic carbocycles. The first-order valence-corrected chi connectivity index (χ1v) is 15.9. The highest BCUT2D eigenvalue weighted by Gasteiger charge is 2.31. The van der Waals surface area contributed by atoms with Crippen molar-refractivity contribution < 1.29 is 19.5 Å². The molecule has 0 atom stereocenters. The minimum atomic E-state index is -0.949. The molecule has 3 aromatic rings. The van der Waals surface area contributed by atoms with Crippen molar-refractivity contribution >= 4 is 17.8 Å². The molecule has 1 saturated carbocycles. The third kappa shape index (κ3) is 9.81. The van der Waals surface area contributed by atoms with E-state index in [4.69, 9.17) is 5.11 Å². The predicted molar refractivity (Wildman–Crippen MR) is 171 cm³/mol. The van der Waals surface area contributed by atoms with Gasteiger partial charge in [-0.05, 0) is 60.4 Å². The molecule has 0 bridgehead atoms. The Morgan fingerprint density at radius 1 is 0.837 bits per heavy atom. The molecule has 2 N–H and O–H groups in total. The number of aliphatic carboxylic acids is 1. The van der Waals surface area contributed by atoms with E-state index in [1.807, 2.05) is 29.2 Å². The zero-order chi connectivity index (χ0) is 30.4. The van der Waals surface area contributed by atoms with Crippen molar-refractivity contribution in [1.82, 2.24) is 10.2 Å². The van der Waals surface area contributed by atoms with E-state index in [9.17, 15) is 14.4 Å². The van der Waals surface area contributed by atoms with Gasteiger partial charge in [-0.2, -0.15) is 0 Å². The van der Waals surface area contributed by atoms with Crippen LogP contribution >= 0.6 is 0 Å². The summed E-state index contributed by atoms with van der Waals surface area (Å²) in [6.45, 7) is 3.36. The van der Waals surface area contributed by atoms with Gasteiger partial charge in [0.15, 0.2) is 0 Å². The molecule has 0 aromatic heterocycles. The zero-order valence-electron chi connectivity index (χ0n) is 25.4.